The van der Waals surface area contributed by atoms with Gasteiger partial charge in [-0.1, -0.05) is 69.2 Å². The SMILES string of the molecule is CCCCC(CC=NCCc1ccccc1)(c1cccc(O)c1)C(C)CC#N. The highest BCUT2D eigenvalue weighted by Gasteiger charge is 2.36. The van der Waals surface area contributed by atoms with Gasteiger partial charge in [-0.05, 0) is 54.7 Å². The van der Waals surface area contributed by atoms with E-state index in [1.54, 1.807) is 6.07 Å². The Balaban J connectivity index is 2.20. The van der Waals surface area contributed by atoms with E-state index >= 15 is 0 Å². The zero-order valence-electron chi connectivity index (χ0n) is 17.1. The van der Waals surface area contributed by atoms with Crippen LogP contribution in [0.5, 0.6) is 5.75 Å². The third-order valence-corrected chi connectivity index (χ3v) is 5.70. The second-order valence-electron chi connectivity index (χ2n) is 7.60. The molecule has 3 heteroatoms. The van der Waals surface area contributed by atoms with Crippen molar-refractivity contribution in [3.63, 3.8) is 0 Å². The summed E-state index contributed by atoms with van der Waals surface area (Å²) >= 11 is 0. The van der Waals surface area contributed by atoms with E-state index in [1.165, 1.54) is 5.56 Å². The number of phenolic OH excluding ortho intramolecular Hbond substituents is 1. The minimum absolute atomic E-state index is 0.180. The number of unbranched alkanes of at least 4 members (excludes halogenated alkanes) is 1. The van der Waals surface area contributed by atoms with Crippen molar-refractivity contribution in [1.82, 2.24) is 0 Å². The second kappa shape index (κ2) is 11.3. The molecule has 0 aliphatic carbocycles. The summed E-state index contributed by atoms with van der Waals surface area (Å²) in [5, 5.41) is 19.4. The van der Waals surface area contributed by atoms with Crippen molar-refractivity contribution in [3.8, 4) is 11.8 Å². The lowest BCUT2D eigenvalue weighted by molar-refractivity contribution is 0.271. The summed E-state index contributed by atoms with van der Waals surface area (Å²) in [6, 6.07) is 20.3. The van der Waals surface area contributed by atoms with Gasteiger partial charge in [0.05, 0.1) is 6.07 Å². The van der Waals surface area contributed by atoms with Gasteiger partial charge in [0.15, 0.2) is 0 Å². The Morgan fingerprint density at radius 3 is 2.64 bits per heavy atom. The molecule has 1 N–H and O–H groups in total. The average Bonchev–Trinajstić information content (AvgIpc) is 2.71. The first-order valence-corrected chi connectivity index (χ1v) is 10.3. The average molecular weight is 377 g/mol. The van der Waals surface area contributed by atoms with E-state index in [0.29, 0.717) is 6.42 Å². The fraction of sp³-hybridized carbons (Fsp3) is 0.440. The molecule has 2 rings (SSSR count). The molecule has 0 radical (unpaired) electrons. The molecule has 0 spiro atoms. The number of aliphatic imine (C=N–C) groups is 1. The maximum absolute atomic E-state index is 10.1. The Bertz CT molecular complexity index is 779. The third kappa shape index (κ3) is 5.96. The Morgan fingerprint density at radius 2 is 1.96 bits per heavy atom. The van der Waals surface area contributed by atoms with Gasteiger partial charge in [0, 0.05) is 18.4 Å². The molecule has 148 valence electrons. The molecular formula is C25H32N2O. The second-order valence-corrected chi connectivity index (χ2v) is 7.60. The first kappa shape index (κ1) is 21.7. The lowest BCUT2D eigenvalue weighted by Gasteiger charge is -2.38. The summed E-state index contributed by atoms with van der Waals surface area (Å²) < 4.78 is 0. The van der Waals surface area contributed by atoms with Crippen LogP contribution >= 0.6 is 0 Å². The van der Waals surface area contributed by atoms with E-state index in [4.69, 9.17) is 0 Å². The lowest BCUT2D eigenvalue weighted by atomic mass is 9.65. The highest BCUT2D eigenvalue weighted by atomic mass is 16.3. The van der Waals surface area contributed by atoms with Crippen molar-refractivity contribution in [2.45, 2.75) is 57.8 Å². The molecule has 0 saturated heterocycles. The molecule has 0 heterocycles. The van der Waals surface area contributed by atoms with Gasteiger partial charge in [0.1, 0.15) is 5.75 Å². The number of phenols is 1. The number of rotatable bonds is 11. The number of nitrogens with zero attached hydrogens (tertiary/aromatic N) is 2. The van der Waals surface area contributed by atoms with Crippen molar-refractivity contribution >= 4 is 6.21 Å². The maximum atomic E-state index is 10.1. The van der Waals surface area contributed by atoms with Gasteiger partial charge in [-0.3, -0.25) is 4.99 Å². The highest BCUT2D eigenvalue weighted by Crippen LogP contribution is 2.42. The number of hydrogen-bond acceptors (Lipinski definition) is 3. The first-order chi connectivity index (χ1) is 13.6. The van der Waals surface area contributed by atoms with Gasteiger partial charge in [-0.15, -0.1) is 0 Å². The van der Waals surface area contributed by atoms with Crippen LogP contribution in [0.25, 0.3) is 0 Å². The summed E-state index contributed by atoms with van der Waals surface area (Å²) in [6.45, 7) is 5.11. The quantitative estimate of drug-likeness (QED) is 0.484. The van der Waals surface area contributed by atoms with Crippen LogP contribution in [0, 0.1) is 17.2 Å². The fourth-order valence-corrected chi connectivity index (χ4v) is 3.89. The molecule has 2 unspecified atom stereocenters. The molecular weight excluding hydrogens is 344 g/mol. The molecule has 28 heavy (non-hydrogen) atoms. The first-order valence-electron chi connectivity index (χ1n) is 10.3. The van der Waals surface area contributed by atoms with E-state index in [-0.39, 0.29) is 17.1 Å². The smallest absolute Gasteiger partial charge is 0.115 e. The largest absolute Gasteiger partial charge is 0.508 e. The molecule has 2 aromatic carbocycles. The zero-order chi connectivity index (χ0) is 20.2. The molecule has 0 saturated carbocycles. The monoisotopic (exact) mass is 376 g/mol. The van der Waals surface area contributed by atoms with E-state index < -0.39 is 0 Å². The van der Waals surface area contributed by atoms with E-state index in [9.17, 15) is 10.4 Å². The van der Waals surface area contributed by atoms with Crippen LogP contribution in [-0.2, 0) is 11.8 Å². The zero-order valence-corrected chi connectivity index (χ0v) is 17.1. The van der Waals surface area contributed by atoms with Crippen molar-refractivity contribution in [3.05, 3.63) is 65.7 Å². The summed E-state index contributed by atoms with van der Waals surface area (Å²) in [5.41, 5.74) is 2.22. The van der Waals surface area contributed by atoms with Crippen LogP contribution in [0.15, 0.2) is 59.6 Å². The summed E-state index contributed by atoms with van der Waals surface area (Å²) in [4.78, 5) is 4.68. The Kier molecular flexibility index (Phi) is 8.75. The van der Waals surface area contributed by atoms with E-state index in [0.717, 1.165) is 44.2 Å². The van der Waals surface area contributed by atoms with Crippen LogP contribution in [0.4, 0.5) is 0 Å². The minimum atomic E-state index is -0.180. The number of hydrogen-bond donors (Lipinski definition) is 1. The van der Waals surface area contributed by atoms with Crippen molar-refractivity contribution in [1.29, 1.82) is 5.26 Å². The molecule has 2 aromatic rings. The van der Waals surface area contributed by atoms with Gasteiger partial charge >= 0.3 is 0 Å². The van der Waals surface area contributed by atoms with Crippen LogP contribution in [-0.4, -0.2) is 17.9 Å². The third-order valence-electron chi connectivity index (χ3n) is 5.70. The molecule has 0 amide bonds. The molecule has 0 aliphatic rings. The van der Waals surface area contributed by atoms with Crippen LogP contribution in [0.3, 0.4) is 0 Å². The van der Waals surface area contributed by atoms with Crippen molar-refractivity contribution < 1.29 is 5.11 Å². The Labute approximate surface area is 169 Å². The maximum Gasteiger partial charge on any atom is 0.115 e. The number of aromatic hydroxyl groups is 1. The summed E-state index contributed by atoms with van der Waals surface area (Å²) in [7, 11) is 0. The highest BCUT2D eigenvalue weighted by molar-refractivity contribution is 5.61. The van der Waals surface area contributed by atoms with Gasteiger partial charge in [0.2, 0.25) is 0 Å². The molecule has 3 nitrogen and oxygen atoms in total. The predicted octanol–water partition coefficient (Wildman–Crippen LogP) is 6.07. The molecule has 0 aliphatic heterocycles. The Morgan fingerprint density at radius 1 is 1.18 bits per heavy atom. The molecule has 0 fully saturated rings. The van der Waals surface area contributed by atoms with Gasteiger partial charge < -0.3 is 5.11 Å². The van der Waals surface area contributed by atoms with Gasteiger partial charge in [-0.25, -0.2) is 0 Å². The fourth-order valence-electron chi connectivity index (χ4n) is 3.89. The molecule has 0 bridgehead atoms. The minimum Gasteiger partial charge on any atom is -0.508 e. The topological polar surface area (TPSA) is 56.4 Å². The van der Waals surface area contributed by atoms with Gasteiger partial charge in [0.25, 0.3) is 0 Å². The molecule has 0 aromatic heterocycles. The Hall–Kier alpha value is -2.60. The number of nitriles is 1. The predicted molar refractivity (Wildman–Crippen MR) is 117 cm³/mol. The van der Waals surface area contributed by atoms with E-state index in [2.05, 4.69) is 55.2 Å². The van der Waals surface area contributed by atoms with Crippen LogP contribution < -0.4 is 0 Å². The molecule has 2 atom stereocenters. The van der Waals surface area contributed by atoms with Crippen LogP contribution in [0.2, 0.25) is 0 Å². The van der Waals surface area contributed by atoms with Crippen molar-refractivity contribution in [2.24, 2.45) is 10.9 Å². The number of benzene rings is 2. The standard InChI is InChI=1S/C25H32N2O/c1-3-4-15-25(21(2)13-17-26,23-11-8-12-24(28)20-23)16-19-27-18-14-22-9-6-5-7-10-22/h5-12,19-21,28H,3-4,13-16,18H2,1-2H3. The normalized spacial score (nSPS) is 14.5. The summed E-state index contributed by atoms with van der Waals surface area (Å²) in [6.07, 6.45) is 7.43. The lowest BCUT2D eigenvalue weighted by Crippen LogP contribution is -2.34. The van der Waals surface area contributed by atoms with Crippen molar-refractivity contribution in [2.75, 3.05) is 6.54 Å². The van der Waals surface area contributed by atoms with E-state index in [1.807, 2.05) is 24.4 Å². The van der Waals surface area contributed by atoms with Gasteiger partial charge in [-0.2, -0.15) is 5.26 Å². The van der Waals surface area contributed by atoms with Crippen LogP contribution in [0.1, 0.15) is 57.1 Å². The summed E-state index contributed by atoms with van der Waals surface area (Å²) in [5.74, 6) is 0.468.